The molecule has 2 N–H and O–H groups in total. The van der Waals surface area contributed by atoms with E-state index in [1.807, 2.05) is 13.0 Å². The standard InChI is InChI=1S/C22H24N2O5/c1-3-4-12-28-20(26)18-19(23)29-16-11-7-10-15(25)17(16)22(18)13-8-5-6-9-14(13)24(2)21(22)27/h5-6,8-9H,3-4,7,10-12,23H2,1-2H3/t22-/m0/s1. The molecule has 1 aliphatic carbocycles. The topological polar surface area (TPSA) is 98.9 Å². The minimum atomic E-state index is -1.62. The Morgan fingerprint density at radius 1 is 1.28 bits per heavy atom. The van der Waals surface area contributed by atoms with Crippen LogP contribution in [-0.2, 0) is 29.3 Å². The third-order valence-electron chi connectivity index (χ3n) is 5.82. The van der Waals surface area contributed by atoms with E-state index in [-0.39, 0.29) is 29.4 Å². The van der Waals surface area contributed by atoms with Gasteiger partial charge < -0.3 is 20.1 Å². The van der Waals surface area contributed by atoms with Gasteiger partial charge in [-0.3, -0.25) is 9.59 Å². The summed E-state index contributed by atoms with van der Waals surface area (Å²) >= 11 is 0. The van der Waals surface area contributed by atoms with Crippen LogP contribution in [-0.4, -0.2) is 31.3 Å². The van der Waals surface area contributed by atoms with E-state index in [4.69, 9.17) is 15.2 Å². The maximum Gasteiger partial charge on any atom is 0.341 e. The van der Waals surface area contributed by atoms with E-state index in [0.29, 0.717) is 42.7 Å². The van der Waals surface area contributed by atoms with Crippen LogP contribution >= 0.6 is 0 Å². The highest BCUT2D eigenvalue weighted by Gasteiger charge is 2.63. The third kappa shape index (κ3) is 2.60. The van der Waals surface area contributed by atoms with Gasteiger partial charge in [0.05, 0.1) is 12.2 Å². The van der Waals surface area contributed by atoms with E-state index in [9.17, 15) is 14.4 Å². The fraction of sp³-hybridized carbons (Fsp3) is 0.409. The molecule has 0 radical (unpaired) electrons. The summed E-state index contributed by atoms with van der Waals surface area (Å²) in [5, 5.41) is 0. The molecule has 0 saturated heterocycles. The fourth-order valence-electron chi connectivity index (χ4n) is 4.51. The number of unbranched alkanes of at least 4 members (excludes halogenated alkanes) is 1. The number of ether oxygens (including phenoxy) is 2. The molecule has 2 heterocycles. The number of amides is 1. The highest BCUT2D eigenvalue weighted by Crippen LogP contribution is 2.55. The molecule has 7 heteroatoms. The molecule has 0 saturated carbocycles. The molecule has 1 aromatic rings. The number of hydrogen-bond acceptors (Lipinski definition) is 6. The quantitative estimate of drug-likeness (QED) is 0.620. The number of allylic oxidation sites excluding steroid dienone is 1. The zero-order valence-electron chi connectivity index (χ0n) is 16.6. The van der Waals surface area contributed by atoms with Crippen molar-refractivity contribution < 1.29 is 23.9 Å². The molecule has 1 aromatic carbocycles. The number of hydrogen-bond donors (Lipinski definition) is 1. The monoisotopic (exact) mass is 396 g/mol. The van der Waals surface area contributed by atoms with E-state index < -0.39 is 17.3 Å². The Hall–Kier alpha value is -3.09. The van der Waals surface area contributed by atoms with Crippen LogP contribution in [0, 0.1) is 0 Å². The molecule has 7 nitrogen and oxygen atoms in total. The smallest absolute Gasteiger partial charge is 0.341 e. The third-order valence-corrected chi connectivity index (χ3v) is 5.82. The molecular formula is C22H24N2O5. The number of carbonyl (C=O) groups excluding carboxylic acids is 3. The minimum absolute atomic E-state index is 0.0931. The van der Waals surface area contributed by atoms with Gasteiger partial charge in [-0.15, -0.1) is 0 Å². The molecule has 3 aliphatic rings. The van der Waals surface area contributed by atoms with Crippen LogP contribution in [0.2, 0.25) is 0 Å². The van der Waals surface area contributed by atoms with Crippen LogP contribution in [0.15, 0.2) is 47.1 Å². The van der Waals surface area contributed by atoms with Gasteiger partial charge in [0.15, 0.2) is 5.78 Å². The summed E-state index contributed by atoms with van der Waals surface area (Å²) in [6.45, 7) is 2.18. The summed E-state index contributed by atoms with van der Waals surface area (Å²) in [6.07, 6.45) is 2.93. The van der Waals surface area contributed by atoms with E-state index in [1.165, 1.54) is 4.90 Å². The van der Waals surface area contributed by atoms with Gasteiger partial charge >= 0.3 is 5.97 Å². The van der Waals surface area contributed by atoms with Crippen molar-refractivity contribution in [1.29, 1.82) is 0 Å². The zero-order valence-corrected chi connectivity index (χ0v) is 16.6. The van der Waals surface area contributed by atoms with Crippen molar-refractivity contribution in [2.45, 2.75) is 44.4 Å². The molecule has 2 aliphatic heterocycles. The molecule has 0 unspecified atom stereocenters. The van der Waals surface area contributed by atoms with Crippen molar-refractivity contribution in [3.63, 3.8) is 0 Å². The van der Waals surface area contributed by atoms with Gasteiger partial charge in [-0.1, -0.05) is 31.5 Å². The number of Topliss-reactive ketones (excluding diaryl/α,β-unsaturated/α-hetero) is 1. The summed E-state index contributed by atoms with van der Waals surface area (Å²) in [5.41, 5.74) is 5.90. The number of esters is 1. The van der Waals surface area contributed by atoms with Gasteiger partial charge in [0.1, 0.15) is 16.7 Å². The summed E-state index contributed by atoms with van der Waals surface area (Å²) < 4.78 is 11.2. The maximum atomic E-state index is 13.7. The molecule has 0 bridgehead atoms. The fourth-order valence-corrected chi connectivity index (χ4v) is 4.51. The number of ketones is 1. The highest BCUT2D eigenvalue weighted by atomic mass is 16.5. The maximum absolute atomic E-state index is 13.7. The number of para-hydroxylation sites is 1. The predicted molar refractivity (Wildman–Crippen MR) is 106 cm³/mol. The van der Waals surface area contributed by atoms with Crippen LogP contribution < -0.4 is 10.6 Å². The lowest BCUT2D eigenvalue weighted by Gasteiger charge is -2.38. The van der Waals surface area contributed by atoms with Crippen molar-refractivity contribution >= 4 is 23.3 Å². The lowest BCUT2D eigenvalue weighted by Crippen LogP contribution is -2.50. The zero-order chi connectivity index (χ0) is 20.8. The highest BCUT2D eigenvalue weighted by molar-refractivity contribution is 6.23. The Kier molecular flexibility index (Phi) is 4.68. The normalized spacial score (nSPS) is 23.3. The van der Waals surface area contributed by atoms with E-state index in [1.54, 1.807) is 25.2 Å². The average molecular weight is 396 g/mol. The van der Waals surface area contributed by atoms with Crippen molar-refractivity contribution in [3.8, 4) is 0 Å². The molecule has 0 fully saturated rings. The number of benzene rings is 1. The molecule has 1 spiro atoms. The first-order valence-corrected chi connectivity index (χ1v) is 9.94. The van der Waals surface area contributed by atoms with Gasteiger partial charge in [-0.2, -0.15) is 0 Å². The second-order valence-corrected chi connectivity index (χ2v) is 7.54. The Labute approximate surface area is 169 Å². The summed E-state index contributed by atoms with van der Waals surface area (Å²) in [6, 6.07) is 7.15. The Balaban J connectivity index is 1.98. The van der Waals surface area contributed by atoms with Gasteiger partial charge in [-0.25, -0.2) is 4.79 Å². The number of likely N-dealkylation sites (N-methyl/N-ethyl adjacent to an activating group) is 1. The van der Waals surface area contributed by atoms with Crippen molar-refractivity contribution in [2.24, 2.45) is 5.73 Å². The number of nitrogens with two attached hydrogens (primary N) is 1. The van der Waals surface area contributed by atoms with Crippen LogP contribution in [0.25, 0.3) is 0 Å². The molecule has 0 aromatic heterocycles. The number of anilines is 1. The lowest BCUT2D eigenvalue weighted by molar-refractivity contribution is -0.141. The second-order valence-electron chi connectivity index (χ2n) is 7.54. The Morgan fingerprint density at radius 3 is 2.79 bits per heavy atom. The molecule has 4 rings (SSSR count). The first-order chi connectivity index (χ1) is 13.9. The van der Waals surface area contributed by atoms with Crippen molar-refractivity contribution in [3.05, 3.63) is 52.6 Å². The summed E-state index contributed by atoms with van der Waals surface area (Å²) in [5.74, 6) is -1.11. The van der Waals surface area contributed by atoms with E-state index in [0.717, 1.165) is 6.42 Å². The molecule has 1 atom stereocenters. The van der Waals surface area contributed by atoms with Gasteiger partial charge in [0.25, 0.3) is 0 Å². The number of rotatable bonds is 4. The first-order valence-electron chi connectivity index (χ1n) is 9.94. The number of fused-ring (bicyclic) bond motifs is 3. The van der Waals surface area contributed by atoms with Crippen LogP contribution in [0.4, 0.5) is 5.69 Å². The van der Waals surface area contributed by atoms with Crippen molar-refractivity contribution in [2.75, 3.05) is 18.6 Å². The molecule has 29 heavy (non-hydrogen) atoms. The van der Waals surface area contributed by atoms with E-state index >= 15 is 0 Å². The predicted octanol–water partition coefficient (Wildman–Crippen LogP) is 2.45. The van der Waals surface area contributed by atoms with Crippen LogP contribution in [0.3, 0.4) is 0 Å². The number of carbonyl (C=O) groups is 3. The minimum Gasteiger partial charge on any atom is -0.462 e. The number of nitrogens with zero attached hydrogens (tertiary/aromatic N) is 1. The van der Waals surface area contributed by atoms with Crippen molar-refractivity contribution in [1.82, 2.24) is 0 Å². The summed E-state index contributed by atoms with van der Waals surface area (Å²) in [7, 11) is 1.63. The summed E-state index contributed by atoms with van der Waals surface area (Å²) in [4.78, 5) is 41.4. The first kappa shape index (κ1) is 19.2. The Bertz CT molecular complexity index is 977. The Morgan fingerprint density at radius 2 is 2.03 bits per heavy atom. The van der Waals surface area contributed by atoms with Crippen LogP contribution in [0.5, 0.6) is 0 Å². The molecule has 1 amide bonds. The average Bonchev–Trinajstić information content (AvgIpc) is 2.91. The van der Waals surface area contributed by atoms with Crippen LogP contribution in [0.1, 0.15) is 44.6 Å². The SMILES string of the molecule is CCCCOC(=O)C1=C(N)OC2=C(C(=O)CCC2)[C@]12C(=O)N(C)c1ccccc12. The lowest BCUT2D eigenvalue weighted by atomic mass is 9.64. The molecular weight excluding hydrogens is 372 g/mol. The largest absolute Gasteiger partial charge is 0.462 e. The second kappa shape index (κ2) is 7.06. The molecule has 152 valence electrons. The van der Waals surface area contributed by atoms with Gasteiger partial charge in [0.2, 0.25) is 11.8 Å². The van der Waals surface area contributed by atoms with E-state index in [2.05, 4.69) is 0 Å². The van der Waals surface area contributed by atoms with Gasteiger partial charge in [0, 0.05) is 31.1 Å². The van der Waals surface area contributed by atoms with Gasteiger partial charge in [-0.05, 0) is 18.9 Å².